The molecular formula is C6H16LiNO. The van der Waals surface area contributed by atoms with E-state index in [4.69, 9.17) is 10.5 Å². The molecule has 0 radical (unpaired) electrons. The Morgan fingerprint density at radius 1 is 1.33 bits per heavy atom. The molecule has 0 spiro atoms. The number of hydrogen-bond donors (Lipinski definition) is 1. The molecule has 0 heterocycles. The second kappa shape index (κ2) is 5.31. The molecule has 0 rings (SSSR count). The topological polar surface area (TPSA) is 35.2 Å². The van der Waals surface area contributed by atoms with Gasteiger partial charge in [-0.15, -0.1) is 0 Å². The predicted molar refractivity (Wildman–Crippen MR) is 41.6 cm³/mol. The molecular weight excluding hydrogens is 109 g/mol. The van der Waals surface area contributed by atoms with Crippen LogP contribution in [-0.4, -0.2) is 32.2 Å². The Hall–Kier alpha value is 0.517. The van der Waals surface area contributed by atoms with Gasteiger partial charge < -0.3 is 10.5 Å². The Bertz CT molecular complexity index is 60.6. The van der Waals surface area contributed by atoms with Crippen molar-refractivity contribution in [2.24, 2.45) is 11.1 Å². The average molecular weight is 125 g/mol. The first-order valence-corrected chi connectivity index (χ1v) is 2.84. The number of rotatable bonds is 2. The Labute approximate surface area is 69.3 Å². The van der Waals surface area contributed by atoms with Crippen LogP contribution in [0.15, 0.2) is 0 Å². The summed E-state index contributed by atoms with van der Waals surface area (Å²) >= 11 is 0. The van der Waals surface area contributed by atoms with Gasteiger partial charge in [-0.3, -0.25) is 0 Å². The molecule has 0 aliphatic carbocycles. The number of hydrogen-bond acceptors (Lipinski definition) is 2. The van der Waals surface area contributed by atoms with Crippen molar-refractivity contribution in [3.05, 3.63) is 0 Å². The first-order chi connectivity index (χ1) is 3.56. The fraction of sp³-hybridized carbons (Fsp3) is 1.00. The normalized spacial score (nSPS) is 10.7. The molecule has 2 nitrogen and oxygen atoms in total. The standard InChI is InChI=1S/C6H15NO.Li.H/c1-6(2,3)4-8-5-7;;/h4-5,7H2,1-3H3;;. The molecule has 9 heavy (non-hydrogen) atoms. The SMILES string of the molecule is CC(C)(C)COCN.[LiH]. The van der Waals surface area contributed by atoms with Crippen LogP contribution in [0.3, 0.4) is 0 Å². The van der Waals surface area contributed by atoms with Gasteiger partial charge >= 0.3 is 18.9 Å². The molecule has 0 aliphatic rings. The van der Waals surface area contributed by atoms with Crippen molar-refractivity contribution in [1.29, 1.82) is 0 Å². The van der Waals surface area contributed by atoms with Crippen molar-refractivity contribution in [1.82, 2.24) is 0 Å². The van der Waals surface area contributed by atoms with Gasteiger partial charge in [0.05, 0.1) is 13.3 Å². The summed E-state index contributed by atoms with van der Waals surface area (Å²) in [7, 11) is 0. The monoisotopic (exact) mass is 125 g/mol. The Morgan fingerprint density at radius 3 is 1.89 bits per heavy atom. The molecule has 0 aromatic rings. The van der Waals surface area contributed by atoms with E-state index in [1.54, 1.807) is 0 Å². The molecule has 0 aliphatic heterocycles. The van der Waals surface area contributed by atoms with Crippen molar-refractivity contribution < 1.29 is 4.74 Å². The van der Waals surface area contributed by atoms with E-state index >= 15 is 0 Å². The van der Waals surface area contributed by atoms with Gasteiger partial charge in [-0.1, -0.05) is 20.8 Å². The van der Waals surface area contributed by atoms with Crippen LogP contribution in [0.5, 0.6) is 0 Å². The molecule has 2 N–H and O–H groups in total. The van der Waals surface area contributed by atoms with Crippen molar-refractivity contribution >= 4 is 18.9 Å². The summed E-state index contributed by atoms with van der Waals surface area (Å²) in [4.78, 5) is 0. The van der Waals surface area contributed by atoms with E-state index in [0.29, 0.717) is 6.73 Å². The van der Waals surface area contributed by atoms with Gasteiger partial charge in [0.1, 0.15) is 0 Å². The van der Waals surface area contributed by atoms with Gasteiger partial charge in [0.15, 0.2) is 0 Å². The third-order valence-corrected chi connectivity index (χ3v) is 0.653. The minimum absolute atomic E-state index is 0. The van der Waals surface area contributed by atoms with Gasteiger partial charge in [-0.05, 0) is 5.41 Å². The van der Waals surface area contributed by atoms with Crippen LogP contribution >= 0.6 is 0 Å². The second-order valence-electron chi connectivity index (χ2n) is 3.08. The van der Waals surface area contributed by atoms with Crippen LogP contribution in [0.25, 0.3) is 0 Å². The third kappa shape index (κ3) is 11.9. The molecule has 0 aromatic heterocycles. The zero-order valence-electron chi connectivity index (χ0n) is 5.90. The van der Waals surface area contributed by atoms with Crippen LogP contribution in [0.4, 0.5) is 0 Å². The van der Waals surface area contributed by atoms with E-state index in [2.05, 4.69) is 20.8 Å². The quantitative estimate of drug-likeness (QED) is 0.426. The van der Waals surface area contributed by atoms with Crippen molar-refractivity contribution in [3.8, 4) is 0 Å². The maximum atomic E-state index is 5.11. The summed E-state index contributed by atoms with van der Waals surface area (Å²) in [5.41, 5.74) is 5.36. The Morgan fingerprint density at radius 2 is 1.78 bits per heavy atom. The second-order valence-corrected chi connectivity index (χ2v) is 3.08. The van der Waals surface area contributed by atoms with E-state index in [1.165, 1.54) is 0 Å². The van der Waals surface area contributed by atoms with Crippen molar-refractivity contribution in [3.63, 3.8) is 0 Å². The van der Waals surface area contributed by atoms with E-state index in [-0.39, 0.29) is 24.3 Å². The van der Waals surface area contributed by atoms with E-state index in [0.717, 1.165) is 6.61 Å². The fourth-order valence-electron chi connectivity index (χ4n) is 0.365. The van der Waals surface area contributed by atoms with Crippen molar-refractivity contribution in [2.75, 3.05) is 13.3 Å². The number of nitrogens with two attached hydrogens (primary N) is 1. The predicted octanol–water partition coefficient (Wildman–Crippen LogP) is 0.317. The molecule has 0 saturated heterocycles. The molecule has 0 unspecified atom stereocenters. The first kappa shape index (κ1) is 12.2. The third-order valence-electron chi connectivity index (χ3n) is 0.653. The van der Waals surface area contributed by atoms with Gasteiger partial charge in [0, 0.05) is 0 Å². The zero-order valence-corrected chi connectivity index (χ0v) is 5.90. The molecule has 0 fully saturated rings. The summed E-state index contributed by atoms with van der Waals surface area (Å²) in [5, 5.41) is 0. The minimum atomic E-state index is 0. The number of ether oxygens (including phenoxy) is 1. The molecule has 0 saturated carbocycles. The van der Waals surface area contributed by atoms with Gasteiger partial charge in [0.2, 0.25) is 0 Å². The fourth-order valence-corrected chi connectivity index (χ4v) is 0.365. The maximum absolute atomic E-state index is 5.11. The van der Waals surface area contributed by atoms with Crippen LogP contribution < -0.4 is 5.73 Å². The summed E-state index contributed by atoms with van der Waals surface area (Å²) in [5.74, 6) is 0. The van der Waals surface area contributed by atoms with Gasteiger partial charge in [-0.25, -0.2) is 0 Å². The van der Waals surface area contributed by atoms with E-state index in [1.807, 2.05) is 0 Å². The molecule has 0 amide bonds. The zero-order chi connectivity index (χ0) is 6.62. The summed E-state index contributed by atoms with van der Waals surface area (Å²) in [6.45, 7) is 7.41. The van der Waals surface area contributed by atoms with Crippen LogP contribution in [-0.2, 0) is 4.74 Å². The Kier molecular flexibility index (Phi) is 7.21. The Balaban J connectivity index is 0. The summed E-state index contributed by atoms with van der Waals surface area (Å²) in [6, 6.07) is 0. The van der Waals surface area contributed by atoms with Crippen LogP contribution in [0.2, 0.25) is 0 Å². The van der Waals surface area contributed by atoms with Crippen LogP contribution in [0, 0.1) is 5.41 Å². The summed E-state index contributed by atoms with van der Waals surface area (Å²) in [6.07, 6.45) is 0. The van der Waals surface area contributed by atoms with Crippen LogP contribution in [0.1, 0.15) is 20.8 Å². The molecule has 3 heteroatoms. The van der Waals surface area contributed by atoms with Gasteiger partial charge in [-0.2, -0.15) is 0 Å². The molecule has 0 aromatic carbocycles. The summed E-state index contributed by atoms with van der Waals surface area (Å²) < 4.78 is 4.98. The van der Waals surface area contributed by atoms with E-state index < -0.39 is 0 Å². The van der Waals surface area contributed by atoms with E-state index in [9.17, 15) is 0 Å². The average Bonchev–Trinajstić information content (AvgIpc) is 1.59. The van der Waals surface area contributed by atoms with Crippen molar-refractivity contribution in [2.45, 2.75) is 20.8 Å². The molecule has 52 valence electrons. The first-order valence-electron chi connectivity index (χ1n) is 2.84. The molecule has 0 atom stereocenters. The molecule has 0 bridgehead atoms. The van der Waals surface area contributed by atoms with Gasteiger partial charge in [0.25, 0.3) is 0 Å².